The SMILES string of the molecule is CCC1OCCOCCOC2CC(C(C)(C)C)CCC2OCCOCCOC1CCCCC(C)(C)C. The van der Waals surface area contributed by atoms with Gasteiger partial charge in [-0.3, -0.25) is 0 Å². The first-order valence-electron chi connectivity index (χ1n) is 14.7. The van der Waals surface area contributed by atoms with Gasteiger partial charge in [-0.25, -0.2) is 0 Å². The summed E-state index contributed by atoms with van der Waals surface area (Å²) in [6.45, 7) is 20.8. The molecule has 2 fully saturated rings. The number of hydrogen-bond donors (Lipinski definition) is 0. The van der Waals surface area contributed by atoms with Crippen LogP contribution in [0.25, 0.3) is 0 Å². The van der Waals surface area contributed by atoms with Crippen molar-refractivity contribution >= 4 is 0 Å². The quantitative estimate of drug-likeness (QED) is 0.394. The normalized spacial score (nSPS) is 31.2. The predicted octanol–water partition coefficient (Wildman–Crippen LogP) is 6.44. The minimum absolute atomic E-state index is 0.0824. The average molecular weight is 515 g/mol. The largest absolute Gasteiger partial charge is 0.377 e. The number of hydrogen-bond acceptors (Lipinski definition) is 6. The maximum Gasteiger partial charge on any atom is 0.0840 e. The molecule has 1 aliphatic carbocycles. The second-order valence-corrected chi connectivity index (χ2v) is 13.0. The Hall–Kier alpha value is -0.240. The van der Waals surface area contributed by atoms with Crippen LogP contribution in [0.4, 0.5) is 0 Å². The first-order chi connectivity index (χ1) is 17.1. The van der Waals surface area contributed by atoms with Gasteiger partial charge in [-0.2, -0.15) is 0 Å². The van der Waals surface area contributed by atoms with Crippen LogP contribution in [0.5, 0.6) is 0 Å². The molecule has 0 bridgehead atoms. The van der Waals surface area contributed by atoms with Crippen LogP contribution in [-0.2, 0) is 28.4 Å². The summed E-state index contributed by atoms with van der Waals surface area (Å²) in [5.74, 6) is 0.648. The van der Waals surface area contributed by atoms with Crippen LogP contribution in [0.1, 0.15) is 99.8 Å². The molecular weight excluding hydrogens is 456 g/mol. The van der Waals surface area contributed by atoms with Crippen LogP contribution in [-0.4, -0.2) is 77.3 Å². The zero-order chi connectivity index (χ0) is 26.4. The van der Waals surface area contributed by atoms with Gasteiger partial charge in [0.15, 0.2) is 0 Å². The highest BCUT2D eigenvalue weighted by Gasteiger charge is 2.37. The lowest BCUT2D eigenvalue weighted by Gasteiger charge is -2.41. The molecule has 1 heterocycles. The fourth-order valence-corrected chi connectivity index (χ4v) is 5.36. The molecule has 0 aromatic heterocycles. The van der Waals surface area contributed by atoms with E-state index >= 15 is 0 Å². The van der Waals surface area contributed by atoms with Crippen LogP contribution in [0, 0.1) is 16.7 Å². The molecule has 0 aromatic rings. The van der Waals surface area contributed by atoms with E-state index in [1.165, 1.54) is 19.3 Å². The van der Waals surface area contributed by atoms with E-state index < -0.39 is 0 Å². The minimum Gasteiger partial charge on any atom is -0.377 e. The number of rotatable bonds is 5. The summed E-state index contributed by atoms with van der Waals surface area (Å²) in [6.07, 6.45) is 9.25. The van der Waals surface area contributed by atoms with Crippen molar-refractivity contribution in [2.75, 3.05) is 52.9 Å². The molecule has 0 amide bonds. The zero-order valence-electron chi connectivity index (χ0n) is 24.6. The molecule has 214 valence electrons. The van der Waals surface area contributed by atoms with Gasteiger partial charge < -0.3 is 28.4 Å². The third-order valence-corrected chi connectivity index (χ3v) is 7.68. The standard InChI is InChI=1S/C30H58O6/c1-8-25-26(11-9-10-14-29(2,3)4)34-20-16-32-17-21-35-27-13-12-24(30(5,6)7)23-28(27)36-22-18-31-15-19-33-25/h24-28H,8-23H2,1-7H3. The van der Waals surface area contributed by atoms with E-state index in [9.17, 15) is 0 Å². The first kappa shape index (κ1) is 32.0. The monoisotopic (exact) mass is 514 g/mol. The average Bonchev–Trinajstić information content (AvgIpc) is 2.80. The lowest BCUT2D eigenvalue weighted by Crippen LogP contribution is -2.42. The molecule has 1 saturated heterocycles. The zero-order valence-corrected chi connectivity index (χ0v) is 24.6. The van der Waals surface area contributed by atoms with Crippen molar-refractivity contribution in [3.63, 3.8) is 0 Å². The third-order valence-electron chi connectivity index (χ3n) is 7.68. The molecule has 36 heavy (non-hydrogen) atoms. The highest BCUT2D eigenvalue weighted by atomic mass is 16.6. The maximum atomic E-state index is 6.30. The molecule has 2 aliphatic rings. The van der Waals surface area contributed by atoms with Gasteiger partial charge in [-0.15, -0.1) is 0 Å². The summed E-state index contributed by atoms with van der Waals surface area (Å²) >= 11 is 0. The van der Waals surface area contributed by atoms with Crippen molar-refractivity contribution in [2.24, 2.45) is 16.7 Å². The first-order valence-corrected chi connectivity index (χ1v) is 14.7. The van der Waals surface area contributed by atoms with E-state index in [0.29, 0.717) is 64.2 Å². The van der Waals surface area contributed by atoms with Crippen molar-refractivity contribution < 1.29 is 28.4 Å². The summed E-state index contributed by atoms with van der Waals surface area (Å²) in [6, 6.07) is 0. The predicted molar refractivity (Wildman–Crippen MR) is 146 cm³/mol. The second kappa shape index (κ2) is 16.7. The fraction of sp³-hybridized carbons (Fsp3) is 1.00. The van der Waals surface area contributed by atoms with Gasteiger partial charge in [-0.1, -0.05) is 61.3 Å². The van der Waals surface area contributed by atoms with E-state index in [1.807, 2.05) is 0 Å². The maximum absolute atomic E-state index is 6.30. The van der Waals surface area contributed by atoms with Gasteiger partial charge in [0.25, 0.3) is 0 Å². The van der Waals surface area contributed by atoms with E-state index in [0.717, 1.165) is 32.1 Å². The molecule has 5 atom stereocenters. The molecular formula is C30H58O6. The van der Waals surface area contributed by atoms with Crippen molar-refractivity contribution in [2.45, 2.75) is 124 Å². The van der Waals surface area contributed by atoms with Gasteiger partial charge in [0, 0.05) is 0 Å². The van der Waals surface area contributed by atoms with Crippen LogP contribution in [0.15, 0.2) is 0 Å². The van der Waals surface area contributed by atoms with Gasteiger partial charge in [0.1, 0.15) is 0 Å². The Morgan fingerprint density at radius 3 is 1.72 bits per heavy atom. The van der Waals surface area contributed by atoms with Crippen molar-refractivity contribution in [3.05, 3.63) is 0 Å². The van der Waals surface area contributed by atoms with Crippen LogP contribution < -0.4 is 0 Å². The Morgan fingerprint density at radius 1 is 0.611 bits per heavy atom. The lowest BCUT2D eigenvalue weighted by atomic mass is 9.71. The van der Waals surface area contributed by atoms with E-state index in [-0.39, 0.29) is 29.8 Å². The molecule has 1 saturated carbocycles. The van der Waals surface area contributed by atoms with Gasteiger partial charge in [-0.05, 0) is 55.3 Å². The van der Waals surface area contributed by atoms with Gasteiger partial charge in [0.2, 0.25) is 0 Å². The summed E-state index contributed by atoms with van der Waals surface area (Å²) < 4.78 is 36.8. The highest BCUT2D eigenvalue weighted by molar-refractivity contribution is 4.87. The van der Waals surface area contributed by atoms with Crippen LogP contribution >= 0.6 is 0 Å². The molecule has 0 N–H and O–H groups in total. The Bertz CT molecular complexity index is 555. The Kier molecular flexibility index (Phi) is 14.8. The molecule has 1 aliphatic heterocycles. The smallest absolute Gasteiger partial charge is 0.0840 e. The summed E-state index contributed by atoms with van der Waals surface area (Å²) in [5, 5.41) is 0. The molecule has 6 nitrogen and oxygen atoms in total. The van der Waals surface area contributed by atoms with E-state index in [1.54, 1.807) is 0 Å². The summed E-state index contributed by atoms with van der Waals surface area (Å²) in [4.78, 5) is 0. The van der Waals surface area contributed by atoms with Crippen LogP contribution in [0.3, 0.4) is 0 Å². The fourth-order valence-electron chi connectivity index (χ4n) is 5.36. The molecule has 0 spiro atoms. The number of fused-ring (bicyclic) bond motifs is 1. The minimum atomic E-state index is 0.0824. The molecule has 5 unspecified atom stereocenters. The highest BCUT2D eigenvalue weighted by Crippen LogP contribution is 2.39. The van der Waals surface area contributed by atoms with Crippen molar-refractivity contribution in [1.82, 2.24) is 0 Å². The van der Waals surface area contributed by atoms with Crippen molar-refractivity contribution in [3.8, 4) is 0 Å². The summed E-state index contributed by atoms with van der Waals surface area (Å²) in [5.41, 5.74) is 0.667. The van der Waals surface area contributed by atoms with Crippen molar-refractivity contribution in [1.29, 1.82) is 0 Å². The molecule has 0 aromatic carbocycles. The molecule has 0 radical (unpaired) electrons. The number of unbranched alkanes of at least 4 members (excludes halogenated alkanes) is 1. The Morgan fingerprint density at radius 2 is 1.17 bits per heavy atom. The number of ether oxygens (including phenoxy) is 6. The molecule has 6 heteroatoms. The topological polar surface area (TPSA) is 55.4 Å². The van der Waals surface area contributed by atoms with Crippen LogP contribution in [0.2, 0.25) is 0 Å². The molecule has 2 rings (SSSR count). The van der Waals surface area contributed by atoms with E-state index in [4.69, 9.17) is 28.4 Å². The Labute approximate surface area is 222 Å². The van der Waals surface area contributed by atoms with Gasteiger partial charge >= 0.3 is 0 Å². The Balaban J connectivity index is 1.86. The van der Waals surface area contributed by atoms with E-state index in [2.05, 4.69) is 48.5 Å². The second-order valence-electron chi connectivity index (χ2n) is 13.0. The third kappa shape index (κ3) is 13.0. The summed E-state index contributed by atoms with van der Waals surface area (Å²) in [7, 11) is 0. The lowest BCUT2D eigenvalue weighted by molar-refractivity contribution is -0.135. The van der Waals surface area contributed by atoms with Gasteiger partial charge in [0.05, 0.1) is 77.3 Å².